The molecule has 2 atom stereocenters. The maximum atomic E-state index is 11.6. The normalized spacial score (nSPS) is 20.9. The average molecular weight is 286 g/mol. The van der Waals surface area contributed by atoms with E-state index in [2.05, 4.69) is 20.8 Å². The van der Waals surface area contributed by atoms with Crippen molar-refractivity contribution >= 4 is 5.97 Å². The molecule has 0 spiro atoms. The lowest BCUT2D eigenvalue weighted by atomic mass is 10.0. The standard InChI is InChI=1S/C16H30O4/c1-13(2)7-10-18-15(17)12-14(3)8-11-20-16-6-4-5-9-19-16/h13-14,16H,4-12H2,1-3H3. The number of carbonyl (C=O) groups excluding carboxylic acids is 1. The van der Waals surface area contributed by atoms with E-state index in [-0.39, 0.29) is 12.3 Å². The van der Waals surface area contributed by atoms with E-state index in [1.807, 2.05) is 0 Å². The van der Waals surface area contributed by atoms with E-state index in [1.165, 1.54) is 6.42 Å². The van der Waals surface area contributed by atoms with Crippen LogP contribution in [0, 0.1) is 11.8 Å². The molecular weight excluding hydrogens is 256 g/mol. The Balaban J connectivity index is 2.01. The van der Waals surface area contributed by atoms with Crippen LogP contribution >= 0.6 is 0 Å². The first kappa shape index (κ1) is 17.4. The third-order valence-corrected chi connectivity index (χ3v) is 3.53. The lowest BCUT2D eigenvalue weighted by Gasteiger charge is -2.23. The summed E-state index contributed by atoms with van der Waals surface area (Å²) in [6, 6.07) is 0. The smallest absolute Gasteiger partial charge is 0.306 e. The van der Waals surface area contributed by atoms with Crippen molar-refractivity contribution < 1.29 is 19.0 Å². The van der Waals surface area contributed by atoms with E-state index in [0.717, 1.165) is 32.3 Å². The van der Waals surface area contributed by atoms with E-state index in [4.69, 9.17) is 14.2 Å². The molecule has 4 nitrogen and oxygen atoms in total. The van der Waals surface area contributed by atoms with Crippen LogP contribution in [0.4, 0.5) is 0 Å². The van der Waals surface area contributed by atoms with Gasteiger partial charge >= 0.3 is 5.97 Å². The van der Waals surface area contributed by atoms with Crippen LogP contribution in [0.5, 0.6) is 0 Å². The van der Waals surface area contributed by atoms with Crippen molar-refractivity contribution in [2.45, 2.75) is 65.6 Å². The first-order valence-electron chi connectivity index (χ1n) is 7.96. The Bertz CT molecular complexity index is 259. The van der Waals surface area contributed by atoms with Gasteiger partial charge in [0.25, 0.3) is 0 Å². The highest BCUT2D eigenvalue weighted by molar-refractivity contribution is 5.69. The van der Waals surface area contributed by atoms with Crippen LogP contribution in [0.2, 0.25) is 0 Å². The second kappa shape index (κ2) is 10.2. The predicted octanol–water partition coefficient (Wildman–Crippen LogP) is 3.54. The van der Waals surface area contributed by atoms with Crippen LogP contribution < -0.4 is 0 Å². The molecule has 20 heavy (non-hydrogen) atoms. The van der Waals surface area contributed by atoms with Gasteiger partial charge in [-0.05, 0) is 43.9 Å². The lowest BCUT2D eigenvalue weighted by Crippen LogP contribution is -2.23. The molecule has 1 aliphatic heterocycles. The van der Waals surface area contributed by atoms with Crippen LogP contribution in [0.25, 0.3) is 0 Å². The van der Waals surface area contributed by atoms with Gasteiger partial charge in [0, 0.05) is 19.6 Å². The van der Waals surface area contributed by atoms with E-state index < -0.39 is 0 Å². The van der Waals surface area contributed by atoms with Gasteiger partial charge < -0.3 is 14.2 Å². The molecule has 0 amide bonds. The zero-order valence-corrected chi connectivity index (χ0v) is 13.2. The summed E-state index contributed by atoms with van der Waals surface area (Å²) in [5, 5.41) is 0. The summed E-state index contributed by atoms with van der Waals surface area (Å²) < 4.78 is 16.4. The van der Waals surface area contributed by atoms with Gasteiger partial charge in [-0.1, -0.05) is 20.8 Å². The van der Waals surface area contributed by atoms with Crippen LogP contribution in [0.15, 0.2) is 0 Å². The third-order valence-electron chi connectivity index (χ3n) is 3.53. The molecule has 0 aromatic rings. The molecular formula is C16H30O4. The van der Waals surface area contributed by atoms with Gasteiger partial charge in [0.1, 0.15) is 0 Å². The van der Waals surface area contributed by atoms with Crippen molar-refractivity contribution in [2.24, 2.45) is 11.8 Å². The molecule has 1 saturated heterocycles. The summed E-state index contributed by atoms with van der Waals surface area (Å²) in [4.78, 5) is 11.6. The Morgan fingerprint density at radius 3 is 2.65 bits per heavy atom. The zero-order valence-electron chi connectivity index (χ0n) is 13.2. The Hall–Kier alpha value is -0.610. The molecule has 1 aliphatic rings. The predicted molar refractivity (Wildman–Crippen MR) is 78.4 cm³/mol. The molecule has 0 saturated carbocycles. The number of rotatable bonds is 9. The van der Waals surface area contributed by atoms with Gasteiger partial charge in [-0.2, -0.15) is 0 Å². The summed E-state index contributed by atoms with van der Waals surface area (Å²) in [5.74, 6) is 0.779. The van der Waals surface area contributed by atoms with Crippen molar-refractivity contribution in [1.29, 1.82) is 0 Å². The van der Waals surface area contributed by atoms with Gasteiger partial charge in [0.05, 0.1) is 6.61 Å². The lowest BCUT2D eigenvalue weighted by molar-refractivity contribution is -0.164. The summed E-state index contributed by atoms with van der Waals surface area (Å²) in [6.45, 7) is 8.32. The molecule has 0 aromatic carbocycles. The van der Waals surface area contributed by atoms with Crippen molar-refractivity contribution in [1.82, 2.24) is 0 Å². The number of hydrogen-bond acceptors (Lipinski definition) is 4. The van der Waals surface area contributed by atoms with Crippen molar-refractivity contribution in [3.63, 3.8) is 0 Å². The largest absolute Gasteiger partial charge is 0.466 e. The molecule has 118 valence electrons. The Morgan fingerprint density at radius 2 is 2.00 bits per heavy atom. The minimum atomic E-state index is -0.0907. The number of carbonyl (C=O) groups is 1. The Morgan fingerprint density at radius 1 is 1.20 bits per heavy atom. The number of esters is 1. The third kappa shape index (κ3) is 8.54. The minimum Gasteiger partial charge on any atom is -0.466 e. The van der Waals surface area contributed by atoms with Crippen molar-refractivity contribution in [2.75, 3.05) is 19.8 Å². The van der Waals surface area contributed by atoms with Gasteiger partial charge in [-0.3, -0.25) is 4.79 Å². The van der Waals surface area contributed by atoms with Crippen molar-refractivity contribution in [3.05, 3.63) is 0 Å². The number of ether oxygens (including phenoxy) is 3. The molecule has 4 heteroatoms. The SMILES string of the molecule is CC(C)CCOC(=O)CC(C)CCOC1CCCCO1. The second-order valence-electron chi connectivity index (χ2n) is 6.17. The van der Waals surface area contributed by atoms with Crippen LogP contribution in [0.3, 0.4) is 0 Å². The molecule has 1 rings (SSSR count). The summed E-state index contributed by atoms with van der Waals surface area (Å²) in [5.41, 5.74) is 0. The summed E-state index contributed by atoms with van der Waals surface area (Å²) >= 11 is 0. The molecule has 2 unspecified atom stereocenters. The summed E-state index contributed by atoms with van der Waals surface area (Å²) in [7, 11) is 0. The van der Waals surface area contributed by atoms with Gasteiger partial charge in [0.2, 0.25) is 0 Å². The first-order chi connectivity index (χ1) is 9.58. The highest BCUT2D eigenvalue weighted by Crippen LogP contribution is 2.16. The fourth-order valence-corrected chi connectivity index (χ4v) is 2.10. The van der Waals surface area contributed by atoms with E-state index in [9.17, 15) is 4.79 Å². The summed E-state index contributed by atoms with van der Waals surface area (Å²) in [6.07, 6.45) is 5.56. The van der Waals surface area contributed by atoms with Crippen LogP contribution in [-0.4, -0.2) is 32.1 Å². The topological polar surface area (TPSA) is 44.8 Å². The molecule has 0 N–H and O–H groups in total. The van der Waals surface area contributed by atoms with Gasteiger partial charge in [-0.25, -0.2) is 0 Å². The van der Waals surface area contributed by atoms with Crippen LogP contribution in [0.1, 0.15) is 59.3 Å². The van der Waals surface area contributed by atoms with Crippen LogP contribution in [-0.2, 0) is 19.0 Å². The highest BCUT2D eigenvalue weighted by Gasteiger charge is 2.15. The molecule has 1 heterocycles. The first-order valence-corrected chi connectivity index (χ1v) is 7.96. The fourth-order valence-electron chi connectivity index (χ4n) is 2.10. The highest BCUT2D eigenvalue weighted by atomic mass is 16.7. The monoisotopic (exact) mass is 286 g/mol. The Kier molecular flexibility index (Phi) is 8.86. The van der Waals surface area contributed by atoms with Gasteiger partial charge in [0.15, 0.2) is 6.29 Å². The average Bonchev–Trinajstić information content (AvgIpc) is 2.39. The molecule has 0 aliphatic carbocycles. The van der Waals surface area contributed by atoms with Gasteiger partial charge in [-0.15, -0.1) is 0 Å². The fraction of sp³-hybridized carbons (Fsp3) is 0.938. The molecule has 0 radical (unpaired) electrons. The maximum absolute atomic E-state index is 11.6. The van der Waals surface area contributed by atoms with E-state index in [1.54, 1.807) is 0 Å². The maximum Gasteiger partial charge on any atom is 0.306 e. The second-order valence-corrected chi connectivity index (χ2v) is 6.17. The zero-order chi connectivity index (χ0) is 14.8. The molecule has 1 fully saturated rings. The minimum absolute atomic E-state index is 0.0334. The molecule has 0 bridgehead atoms. The quantitative estimate of drug-likeness (QED) is 0.608. The number of hydrogen-bond donors (Lipinski definition) is 0. The Labute approximate surface area is 123 Å². The van der Waals surface area contributed by atoms with E-state index >= 15 is 0 Å². The van der Waals surface area contributed by atoms with Crippen molar-refractivity contribution in [3.8, 4) is 0 Å². The van der Waals surface area contributed by atoms with E-state index in [0.29, 0.717) is 31.5 Å². The molecule has 0 aromatic heterocycles.